The third-order valence-corrected chi connectivity index (χ3v) is 4.85. The summed E-state index contributed by atoms with van der Waals surface area (Å²) in [6.07, 6.45) is 5.20. The first-order valence-corrected chi connectivity index (χ1v) is 9.61. The van der Waals surface area contributed by atoms with E-state index in [9.17, 15) is 0 Å². The van der Waals surface area contributed by atoms with Gasteiger partial charge in [0.1, 0.15) is 12.0 Å². The van der Waals surface area contributed by atoms with Gasteiger partial charge in [-0.2, -0.15) is 15.0 Å². The second kappa shape index (κ2) is 8.05. The van der Waals surface area contributed by atoms with Crippen LogP contribution >= 0.6 is 0 Å². The molecule has 0 N–H and O–H groups in total. The Morgan fingerprint density at radius 3 is 1.93 bits per heavy atom. The maximum absolute atomic E-state index is 5.46. The van der Waals surface area contributed by atoms with Crippen molar-refractivity contribution in [2.45, 2.75) is 0 Å². The normalized spacial score (nSPS) is 17.5. The molecule has 29 heavy (non-hydrogen) atoms. The number of aromatic nitrogens is 7. The molecule has 0 amide bonds. The summed E-state index contributed by atoms with van der Waals surface area (Å²) in [5.74, 6) is 2.47. The van der Waals surface area contributed by atoms with Gasteiger partial charge in [0, 0.05) is 38.6 Å². The fourth-order valence-electron chi connectivity index (χ4n) is 3.25. The SMILES string of the molecule is c1cn(-c2ccc(-c3nc(N4CCOCC4)nc(N4CCOCC4)n3)nn2)cn1. The van der Waals surface area contributed by atoms with Crippen LogP contribution in [0.3, 0.4) is 0 Å². The summed E-state index contributed by atoms with van der Waals surface area (Å²) in [7, 11) is 0. The van der Waals surface area contributed by atoms with Crippen LogP contribution in [0.15, 0.2) is 30.9 Å². The first-order chi connectivity index (χ1) is 14.4. The van der Waals surface area contributed by atoms with Crippen LogP contribution in [-0.4, -0.2) is 87.3 Å². The average molecular weight is 395 g/mol. The molecule has 2 aliphatic rings. The Bertz CT molecular complexity index is 900. The maximum atomic E-state index is 5.46. The molecule has 0 aromatic carbocycles. The van der Waals surface area contributed by atoms with Crippen LogP contribution in [0.2, 0.25) is 0 Å². The predicted molar refractivity (Wildman–Crippen MR) is 104 cm³/mol. The van der Waals surface area contributed by atoms with E-state index in [0.29, 0.717) is 55.7 Å². The lowest BCUT2D eigenvalue weighted by molar-refractivity contribution is 0.121. The molecule has 0 unspecified atom stereocenters. The molecule has 2 saturated heterocycles. The Balaban J connectivity index is 1.50. The molecule has 0 bridgehead atoms. The molecule has 2 fully saturated rings. The van der Waals surface area contributed by atoms with Gasteiger partial charge in [-0.15, -0.1) is 10.2 Å². The minimum atomic E-state index is 0.507. The molecule has 3 aromatic heterocycles. The third kappa shape index (κ3) is 3.87. The fraction of sp³-hybridized carbons (Fsp3) is 0.444. The first kappa shape index (κ1) is 17.9. The molecule has 5 rings (SSSR count). The zero-order valence-corrected chi connectivity index (χ0v) is 15.9. The molecule has 0 saturated carbocycles. The summed E-state index contributed by atoms with van der Waals surface area (Å²) < 4.78 is 12.7. The Kier molecular flexibility index (Phi) is 4.97. The molecule has 5 heterocycles. The van der Waals surface area contributed by atoms with E-state index < -0.39 is 0 Å². The van der Waals surface area contributed by atoms with Crippen molar-refractivity contribution in [1.29, 1.82) is 0 Å². The highest BCUT2D eigenvalue weighted by molar-refractivity contribution is 5.55. The lowest BCUT2D eigenvalue weighted by Gasteiger charge is -2.30. The number of hydrogen-bond donors (Lipinski definition) is 0. The van der Waals surface area contributed by atoms with Crippen molar-refractivity contribution in [2.24, 2.45) is 0 Å². The third-order valence-electron chi connectivity index (χ3n) is 4.85. The van der Waals surface area contributed by atoms with Gasteiger partial charge in [-0.1, -0.05) is 0 Å². The van der Waals surface area contributed by atoms with E-state index >= 15 is 0 Å². The van der Waals surface area contributed by atoms with E-state index in [1.807, 2.05) is 18.3 Å². The largest absolute Gasteiger partial charge is 0.378 e. The molecule has 3 aromatic rings. The van der Waals surface area contributed by atoms with Gasteiger partial charge in [0.15, 0.2) is 11.6 Å². The molecule has 11 nitrogen and oxygen atoms in total. The molecule has 150 valence electrons. The van der Waals surface area contributed by atoms with Crippen LogP contribution in [-0.2, 0) is 9.47 Å². The lowest BCUT2D eigenvalue weighted by atomic mass is 10.3. The van der Waals surface area contributed by atoms with Gasteiger partial charge in [0.2, 0.25) is 11.9 Å². The summed E-state index contributed by atoms with van der Waals surface area (Å²) in [5.41, 5.74) is 0.597. The standard InChI is InChI=1S/C18H21N9O2/c1-2-15(27-4-3-19-13-27)24-23-14(1)16-20-17(25-5-9-28-10-6-25)22-18(21-16)26-7-11-29-12-8-26/h1-4,13H,5-12H2. The van der Waals surface area contributed by atoms with Gasteiger partial charge in [-0.3, -0.25) is 4.57 Å². The van der Waals surface area contributed by atoms with Crippen LogP contribution in [0.5, 0.6) is 0 Å². The molecule has 2 aliphatic heterocycles. The highest BCUT2D eigenvalue weighted by Gasteiger charge is 2.21. The van der Waals surface area contributed by atoms with Crippen LogP contribution < -0.4 is 9.80 Å². The van der Waals surface area contributed by atoms with Gasteiger partial charge < -0.3 is 19.3 Å². The van der Waals surface area contributed by atoms with Gasteiger partial charge in [0.25, 0.3) is 0 Å². The number of ether oxygens (including phenoxy) is 2. The quantitative estimate of drug-likeness (QED) is 0.607. The van der Waals surface area contributed by atoms with Crippen molar-refractivity contribution < 1.29 is 9.47 Å². The van der Waals surface area contributed by atoms with Crippen molar-refractivity contribution in [3.8, 4) is 17.3 Å². The Morgan fingerprint density at radius 2 is 1.41 bits per heavy atom. The molecule has 11 heteroatoms. The lowest BCUT2D eigenvalue weighted by Crippen LogP contribution is -2.40. The van der Waals surface area contributed by atoms with Crippen molar-refractivity contribution in [3.63, 3.8) is 0 Å². The number of imidazole rings is 1. The summed E-state index contributed by atoms with van der Waals surface area (Å²) >= 11 is 0. The smallest absolute Gasteiger partial charge is 0.230 e. The van der Waals surface area contributed by atoms with Gasteiger partial charge >= 0.3 is 0 Å². The van der Waals surface area contributed by atoms with E-state index in [2.05, 4.69) is 34.9 Å². The Morgan fingerprint density at radius 1 is 0.759 bits per heavy atom. The summed E-state index contributed by atoms with van der Waals surface area (Å²) in [4.78, 5) is 22.4. The number of rotatable bonds is 4. The Hall–Kier alpha value is -3.18. The second-order valence-corrected chi connectivity index (χ2v) is 6.70. The number of anilines is 2. The van der Waals surface area contributed by atoms with E-state index in [-0.39, 0.29) is 0 Å². The van der Waals surface area contributed by atoms with Crippen molar-refractivity contribution >= 4 is 11.9 Å². The highest BCUT2D eigenvalue weighted by atomic mass is 16.5. The predicted octanol–water partition coefficient (Wildman–Crippen LogP) is 0.188. The molecular weight excluding hydrogens is 374 g/mol. The van der Waals surface area contributed by atoms with Crippen molar-refractivity contribution in [1.82, 2.24) is 34.7 Å². The van der Waals surface area contributed by atoms with Gasteiger partial charge in [-0.25, -0.2) is 4.98 Å². The monoisotopic (exact) mass is 395 g/mol. The van der Waals surface area contributed by atoms with Crippen LogP contribution in [0, 0.1) is 0 Å². The van der Waals surface area contributed by atoms with Gasteiger partial charge in [0.05, 0.1) is 26.4 Å². The number of nitrogens with zero attached hydrogens (tertiary/aromatic N) is 9. The fourth-order valence-corrected chi connectivity index (χ4v) is 3.25. The molecule has 0 aliphatic carbocycles. The second-order valence-electron chi connectivity index (χ2n) is 6.70. The maximum Gasteiger partial charge on any atom is 0.230 e. The van der Waals surface area contributed by atoms with Crippen LogP contribution in [0.4, 0.5) is 11.9 Å². The van der Waals surface area contributed by atoms with E-state index in [1.165, 1.54) is 0 Å². The average Bonchev–Trinajstić information content (AvgIpc) is 3.35. The molecule has 0 spiro atoms. The summed E-state index contributed by atoms with van der Waals surface area (Å²) in [5, 5.41) is 8.63. The molecular formula is C18H21N9O2. The molecule has 0 atom stereocenters. The minimum Gasteiger partial charge on any atom is -0.378 e. The van der Waals surface area contributed by atoms with E-state index in [4.69, 9.17) is 14.5 Å². The zero-order valence-electron chi connectivity index (χ0n) is 15.9. The van der Waals surface area contributed by atoms with E-state index in [0.717, 1.165) is 26.2 Å². The highest BCUT2D eigenvalue weighted by Crippen LogP contribution is 2.21. The number of morpholine rings is 2. The summed E-state index contributed by atoms with van der Waals surface area (Å²) in [6.45, 7) is 5.63. The first-order valence-electron chi connectivity index (χ1n) is 9.61. The van der Waals surface area contributed by atoms with Crippen LogP contribution in [0.25, 0.3) is 17.3 Å². The zero-order chi connectivity index (χ0) is 19.5. The summed E-state index contributed by atoms with van der Waals surface area (Å²) in [6, 6.07) is 3.74. The van der Waals surface area contributed by atoms with E-state index in [1.54, 1.807) is 17.1 Å². The van der Waals surface area contributed by atoms with Crippen molar-refractivity contribution in [3.05, 3.63) is 30.9 Å². The van der Waals surface area contributed by atoms with Crippen LogP contribution in [0.1, 0.15) is 0 Å². The van der Waals surface area contributed by atoms with Crippen molar-refractivity contribution in [2.75, 3.05) is 62.4 Å². The molecule has 0 radical (unpaired) electrons. The number of hydrogen-bond acceptors (Lipinski definition) is 10. The van der Waals surface area contributed by atoms with Gasteiger partial charge in [-0.05, 0) is 12.1 Å². The minimum absolute atomic E-state index is 0.507. The topological polar surface area (TPSA) is 107 Å². The Labute approximate surface area is 167 Å².